The standard InChI is InChI=1S/C29H27NO3/c1-32-29(31)28(19-22-9-4-2-5-10-22)30-26-14-8-13-25(20-26)24-15-17-27(18-16-24)33-21-23-11-6-3-7-12-23/h2-18,20,28,30H,19,21H2,1H3. The third kappa shape index (κ3) is 6.23. The van der Waals surface area contributed by atoms with Crippen LogP contribution in [0.2, 0.25) is 0 Å². The van der Waals surface area contributed by atoms with Crippen LogP contribution in [0.1, 0.15) is 11.1 Å². The van der Waals surface area contributed by atoms with Gasteiger partial charge in [-0.2, -0.15) is 0 Å². The molecule has 4 nitrogen and oxygen atoms in total. The summed E-state index contributed by atoms with van der Waals surface area (Å²) in [4.78, 5) is 12.4. The molecule has 4 aromatic carbocycles. The van der Waals surface area contributed by atoms with Crippen molar-refractivity contribution in [3.8, 4) is 16.9 Å². The number of carbonyl (C=O) groups is 1. The second-order valence-electron chi connectivity index (χ2n) is 7.79. The molecule has 4 aromatic rings. The van der Waals surface area contributed by atoms with Crippen molar-refractivity contribution in [3.63, 3.8) is 0 Å². The minimum Gasteiger partial charge on any atom is -0.489 e. The Morgan fingerprint density at radius 2 is 1.42 bits per heavy atom. The van der Waals surface area contributed by atoms with Crippen LogP contribution in [0, 0.1) is 0 Å². The molecule has 0 amide bonds. The van der Waals surface area contributed by atoms with Gasteiger partial charge in [0.1, 0.15) is 18.4 Å². The Kier molecular flexibility index (Phi) is 7.39. The van der Waals surface area contributed by atoms with Crippen LogP contribution in [0.3, 0.4) is 0 Å². The first-order valence-corrected chi connectivity index (χ1v) is 11.0. The van der Waals surface area contributed by atoms with Gasteiger partial charge in [-0.3, -0.25) is 0 Å². The molecular weight excluding hydrogens is 410 g/mol. The monoisotopic (exact) mass is 437 g/mol. The van der Waals surface area contributed by atoms with Crippen LogP contribution in [0.25, 0.3) is 11.1 Å². The van der Waals surface area contributed by atoms with E-state index < -0.39 is 6.04 Å². The number of esters is 1. The van der Waals surface area contributed by atoms with Gasteiger partial charge >= 0.3 is 5.97 Å². The summed E-state index contributed by atoms with van der Waals surface area (Å²) in [6.45, 7) is 0.538. The summed E-state index contributed by atoms with van der Waals surface area (Å²) in [6, 6.07) is 35.6. The predicted octanol–water partition coefficient (Wildman–Crippen LogP) is 6.13. The predicted molar refractivity (Wildman–Crippen MR) is 132 cm³/mol. The van der Waals surface area contributed by atoms with Crippen molar-refractivity contribution in [1.29, 1.82) is 0 Å². The molecule has 0 bridgehead atoms. The molecule has 1 N–H and O–H groups in total. The van der Waals surface area contributed by atoms with Crippen LogP contribution in [-0.4, -0.2) is 19.1 Å². The first-order valence-electron chi connectivity index (χ1n) is 11.0. The van der Waals surface area contributed by atoms with Crippen molar-refractivity contribution >= 4 is 11.7 Å². The number of ether oxygens (including phenoxy) is 2. The highest BCUT2D eigenvalue weighted by Gasteiger charge is 2.19. The van der Waals surface area contributed by atoms with E-state index in [9.17, 15) is 4.79 Å². The molecule has 0 aliphatic carbocycles. The quantitative estimate of drug-likeness (QED) is 0.320. The summed E-state index contributed by atoms with van der Waals surface area (Å²) < 4.78 is 10.9. The molecule has 0 fully saturated rings. The van der Waals surface area contributed by atoms with Crippen LogP contribution in [0.4, 0.5) is 5.69 Å². The Balaban J connectivity index is 1.44. The molecular formula is C29H27NO3. The minimum atomic E-state index is -0.471. The van der Waals surface area contributed by atoms with Gasteiger partial charge in [0.2, 0.25) is 0 Å². The van der Waals surface area contributed by atoms with Crippen molar-refractivity contribution < 1.29 is 14.3 Å². The van der Waals surface area contributed by atoms with Crippen LogP contribution >= 0.6 is 0 Å². The van der Waals surface area contributed by atoms with Gasteiger partial charge in [-0.15, -0.1) is 0 Å². The van der Waals surface area contributed by atoms with Crippen molar-refractivity contribution in [3.05, 3.63) is 120 Å². The van der Waals surface area contributed by atoms with Crippen LogP contribution in [0.5, 0.6) is 5.75 Å². The van der Waals surface area contributed by atoms with Gasteiger partial charge in [-0.25, -0.2) is 4.79 Å². The van der Waals surface area contributed by atoms with Crippen LogP contribution in [0.15, 0.2) is 109 Å². The van der Waals surface area contributed by atoms with E-state index in [2.05, 4.69) is 11.4 Å². The van der Waals surface area contributed by atoms with Crippen molar-refractivity contribution in [1.82, 2.24) is 0 Å². The second kappa shape index (κ2) is 11.0. The zero-order chi connectivity index (χ0) is 22.9. The maximum atomic E-state index is 12.4. The molecule has 0 aliphatic rings. The van der Waals surface area contributed by atoms with E-state index in [1.807, 2.05) is 103 Å². The summed E-state index contributed by atoms with van der Waals surface area (Å²) in [7, 11) is 1.42. The molecule has 166 valence electrons. The SMILES string of the molecule is COC(=O)C(Cc1ccccc1)Nc1cccc(-c2ccc(OCc3ccccc3)cc2)c1. The van der Waals surface area contributed by atoms with Crippen molar-refractivity contribution in [2.24, 2.45) is 0 Å². The van der Waals surface area contributed by atoms with Gasteiger partial charge < -0.3 is 14.8 Å². The molecule has 0 heterocycles. The highest BCUT2D eigenvalue weighted by Crippen LogP contribution is 2.26. The first kappa shape index (κ1) is 22.2. The summed E-state index contributed by atoms with van der Waals surface area (Å²) in [5.41, 5.74) is 5.20. The van der Waals surface area contributed by atoms with Crippen molar-refractivity contribution in [2.45, 2.75) is 19.1 Å². The molecule has 0 radical (unpaired) electrons. The fourth-order valence-corrected chi connectivity index (χ4v) is 3.66. The molecule has 0 saturated carbocycles. The number of rotatable bonds is 9. The zero-order valence-corrected chi connectivity index (χ0v) is 18.6. The maximum Gasteiger partial charge on any atom is 0.328 e. The lowest BCUT2D eigenvalue weighted by molar-refractivity contribution is -0.141. The summed E-state index contributed by atoms with van der Waals surface area (Å²) >= 11 is 0. The molecule has 0 spiro atoms. The summed E-state index contributed by atoms with van der Waals surface area (Å²) in [5, 5.41) is 3.34. The second-order valence-corrected chi connectivity index (χ2v) is 7.79. The lowest BCUT2D eigenvalue weighted by Crippen LogP contribution is -2.32. The lowest BCUT2D eigenvalue weighted by Gasteiger charge is -2.18. The Bertz CT molecular complexity index is 1160. The van der Waals surface area contributed by atoms with E-state index in [0.717, 1.165) is 33.7 Å². The molecule has 33 heavy (non-hydrogen) atoms. The number of nitrogens with one attached hydrogen (secondary N) is 1. The number of anilines is 1. The normalized spacial score (nSPS) is 11.4. The fourth-order valence-electron chi connectivity index (χ4n) is 3.66. The van der Waals surface area contributed by atoms with E-state index in [-0.39, 0.29) is 5.97 Å². The fraction of sp³-hybridized carbons (Fsp3) is 0.138. The van der Waals surface area contributed by atoms with Gasteiger partial charge in [0, 0.05) is 12.1 Å². The zero-order valence-electron chi connectivity index (χ0n) is 18.6. The summed E-state index contributed by atoms with van der Waals surface area (Å²) in [5.74, 6) is 0.537. The van der Waals surface area contributed by atoms with E-state index in [4.69, 9.17) is 9.47 Å². The van der Waals surface area contributed by atoms with Gasteiger partial charge in [0.25, 0.3) is 0 Å². The Morgan fingerprint density at radius 1 is 0.758 bits per heavy atom. The number of benzene rings is 4. The molecule has 1 unspecified atom stereocenters. The van der Waals surface area contributed by atoms with E-state index in [0.29, 0.717) is 13.0 Å². The Morgan fingerprint density at radius 3 is 2.09 bits per heavy atom. The molecule has 4 heteroatoms. The molecule has 0 aliphatic heterocycles. The van der Waals surface area contributed by atoms with E-state index in [1.54, 1.807) is 0 Å². The van der Waals surface area contributed by atoms with Gasteiger partial charge in [-0.05, 0) is 46.5 Å². The largest absolute Gasteiger partial charge is 0.489 e. The number of hydrogen-bond acceptors (Lipinski definition) is 4. The van der Waals surface area contributed by atoms with E-state index in [1.165, 1.54) is 7.11 Å². The van der Waals surface area contributed by atoms with E-state index >= 15 is 0 Å². The summed E-state index contributed by atoms with van der Waals surface area (Å²) in [6.07, 6.45) is 0.547. The van der Waals surface area contributed by atoms with Gasteiger partial charge in [0.15, 0.2) is 0 Å². The lowest BCUT2D eigenvalue weighted by atomic mass is 10.0. The van der Waals surface area contributed by atoms with Crippen LogP contribution < -0.4 is 10.1 Å². The molecule has 0 aromatic heterocycles. The average Bonchev–Trinajstić information content (AvgIpc) is 2.88. The third-order valence-corrected chi connectivity index (χ3v) is 5.41. The van der Waals surface area contributed by atoms with Crippen LogP contribution in [-0.2, 0) is 22.6 Å². The third-order valence-electron chi connectivity index (χ3n) is 5.41. The smallest absolute Gasteiger partial charge is 0.328 e. The first-order chi connectivity index (χ1) is 16.2. The Hall–Kier alpha value is -4.05. The number of carbonyl (C=O) groups excluding carboxylic acids is 1. The maximum absolute atomic E-state index is 12.4. The van der Waals surface area contributed by atoms with Gasteiger partial charge in [0.05, 0.1) is 7.11 Å². The molecule has 1 atom stereocenters. The average molecular weight is 438 g/mol. The Labute approximate surface area is 194 Å². The highest BCUT2D eigenvalue weighted by atomic mass is 16.5. The minimum absolute atomic E-state index is 0.288. The molecule has 0 saturated heterocycles. The number of hydrogen-bond donors (Lipinski definition) is 1. The van der Waals surface area contributed by atoms with Crippen molar-refractivity contribution in [2.75, 3.05) is 12.4 Å². The number of methoxy groups -OCH3 is 1. The topological polar surface area (TPSA) is 47.6 Å². The van der Waals surface area contributed by atoms with Gasteiger partial charge in [-0.1, -0.05) is 84.9 Å². The highest BCUT2D eigenvalue weighted by molar-refractivity contribution is 5.80. The molecule has 4 rings (SSSR count).